The maximum Gasteiger partial charge on any atom is 0.326 e. The lowest BCUT2D eigenvalue weighted by Crippen LogP contribution is -2.40. The van der Waals surface area contributed by atoms with Crippen LogP contribution in [0, 0.1) is 0 Å². The Morgan fingerprint density at radius 2 is 0.843 bits per heavy atom. The van der Waals surface area contributed by atoms with Gasteiger partial charge in [0.1, 0.15) is 12.1 Å². The van der Waals surface area contributed by atoms with Crippen LogP contribution in [0.25, 0.3) is 0 Å². The number of rotatable bonds is 41. The van der Waals surface area contributed by atoms with Crippen LogP contribution in [0.4, 0.5) is 0 Å². The van der Waals surface area contributed by atoms with Crippen molar-refractivity contribution in [3.8, 4) is 0 Å². The molecule has 0 aromatic carbocycles. The molecule has 0 fully saturated rings. The van der Waals surface area contributed by atoms with Crippen molar-refractivity contribution >= 4 is 17.8 Å². The summed E-state index contributed by atoms with van der Waals surface area (Å²) >= 11 is 0. The Kier molecular flexibility index (Phi) is 38.3. The molecule has 0 bridgehead atoms. The molecule has 2 unspecified atom stereocenters. The second kappa shape index (κ2) is 39.6. The molecule has 2 atom stereocenters. The van der Waals surface area contributed by atoms with Gasteiger partial charge in [-0.25, -0.2) is 4.79 Å². The predicted molar refractivity (Wildman–Crippen MR) is 216 cm³/mol. The standard InChI is InChI=1S/C44H86N2O5/c1-3-5-7-9-11-13-15-17-18-20-22-25-29-34-40(51-43(48)38-32-28-23-21-19-16-14-12-10-8-6-4-2)35-30-26-24-27-31-37-42(47)46-41(44(49)50)36-33-39-45/h40-41H,3-39,45H2,1-2H3,(H,46,47)(H,49,50). The number of carboxylic acids is 1. The fourth-order valence-corrected chi connectivity index (χ4v) is 7.04. The summed E-state index contributed by atoms with van der Waals surface area (Å²) in [5.41, 5.74) is 5.49. The molecule has 4 N–H and O–H groups in total. The number of ether oxygens (including phenoxy) is 1. The largest absolute Gasteiger partial charge is 0.480 e. The summed E-state index contributed by atoms with van der Waals surface area (Å²) in [7, 11) is 0. The molecule has 0 aliphatic carbocycles. The van der Waals surface area contributed by atoms with Crippen molar-refractivity contribution in [3.63, 3.8) is 0 Å². The number of hydrogen-bond acceptors (Lipinski definition) is 5. The predicted octanol–water partition coefficient (Wildman–Crippen LogP) is 12.5. The summed E-state index contributed by atoms with van der Waals surface area (Å²) in [6, 6.07) is -0.852. The minimum Gasteiger partial charge on any atom is -0.480 e. The van der Waals surface area contributed by atoms with Crippen LogP contribution in [0.2, 0.25) is 0 Å². The van der Waals surface area contributed by atoms with Gasteiger partial charge in [-0.05, 0) is 57.9 Å². The molecular weight excluding hydrogens is 636 g/mol. The van der Waals surface area contributed by atoms with E-state index in [1.165, 1.54) is 141 Å². The highest BCUT2D eigenvalue weighted by Crippen LogP contribution is 2.19. The van der Waals surface area contributed by atoms with E-state index in [1.54, 1.807) is 0 Å². The van der Waals surface area contributed by atoms with Crippen LogP contribution in [0.15, 0.2) is 0 Å². The zero-order valence-electron chi connectivity index (χ0n) is 34.0. The summed E-state index contributed by atoms with van der Waals surface area (Å²) in [5, 5.41) is 11.9. The van der Waals surface area contributed by atoms with E-state index >= 15 is 0 Å². The minimum absolute atomic E-state index is 0.0149. The lowest BCUT2D eigenvalue weighted by atomic mass is 10.0. The number of carboxylic acid groups (broad SMARTS) is 1. The van der Waals surface area contributed by atoms with E-state index in [-0.39, 0.29) is 18.0 Å². The van der Waals surface area contributed by atoms with Gasteiger partial charge in [0.05, 0.1) is 0 Å². The van der Waals surface area contributed by atoms with Crippen molar-refractivity contribution in [1.29, 1.82) is 0 Å². The van der Waals surface area contributed by atoms with Gasteiger partial charge < -0.3 is 20.9 Å². The molecule has 302 valence electrons. The number of amides is 1. The average molecular weight is 723 g/mol. The highest BCUT2D eigenvalue weighted by molar-refractivity contribution is 5.83. The quantitative estimate of drug-likeness (QED) is 0.0427. The summed E-state index contributed by atoms with van der Waals surface area (Å²) < 4.78 is 6.05. The number of carbonyl (C=O) groups is 3. The molecule has 7 heteroatoms. The Hall–Kier alpha value is -1.63. The highest BCUT2D eigenvalue weighted by atomic mass is 16.5. The van der Waals surface area contributed by atoms with Crippen LogP contribution >= 0.6 is 0 Å². The van der Waals surface area contributed by atoms with Crippen LogP contribution in [0.5, 0.6) is 0 Å². The molecule has 0 heterocycles. The zero-order chi connectivity index (χ0) is 37.5. The van der Waals surface area contributed by atoms with E-state index in [0.29, 0.717) is 32.2 Å². The van der Waals surface area contributed by atoms with E-state index in [2.05, 4.69) is 19.2 Å². The first-order valence-electron chi connectivity index (χ1n) is 22.4. The molecule has 0 saturated heterocycles. The number of carbonyl (C=O) groups excluding carboxylic acids is 2. The minimum atomic E-state index is -1.00. The van der Waals surface area contributed by atoms with E-state index in [9.17, 15) is 19.5 Å². The first kappa shape index (κ1) is 49.4. The van der Waals surface area contributed by atoms with Gasteiger partial charge in [-0.2, -0.15) is 0 Å². The van der Waals surface area contributed by atoms with Crippen molar-refractivity contribution in [2.75, 3.05) is 6.54 Å². The third-order valence-corrected chi connectivity index (χ3v) is 10.4. The SMILES string of the molecule is CCCCCCCCCCCCCCCC(CCCCCCCC(=O)NC(CCCN)C(=O)O)OC(=O)CCCCCCCCCCCCCC. The maximum atomic E-state index is 12.8. The molecule has 0 aromatic rings. The van der Waals surface area contributed by atoms with E-state index in [4.69, 9.17) is 10.5 Å². The lowest BCUT2D eigenvalue weighted by Gasteiger charge is -2.18. The Morgan fingerprint density at radius 1 is 0.490 bits per heavy atom. The van der Waals surface area contributed by atoms with E-state index in [0.717, 1.165) is 64.2 Å². The molecule has 0 aliphatic heterocycles. The fourth-order valence-electron chi connectivity index (χ4n) is 7.04. The van der Waals surface area contributed by atoms with Crippen molar-refractivity contribution in [2.24, 2.45) is 5.73 Å². The average Bonchev–Trinajstić information content (AvgIpc) is 3.11. The van der Waals surface area contributed by atoms with Crippen LogP contribution in [-0.2, 0) is 19.1 Å². The Labute approximate surface area is 316 Å². The van der Waals surface area contributed by atoms with Crippen LogP contribution < -0.4 is 11.1 Å². The summed E-state index contributed by atoms with van der Waals surface area (Å²) in [5.74, 6) is -1.21. The molecule has 0 aliphatic rings. The van der Waals surface area contributed by atoms with Gasteiger partial charge in [-0.3, -0.25) is 9.59 Å². The normalized spacial score (nSPS) is 12.5. The fraction of sp³-hybridized carbons (Fsp3) is 0.932. The molecule has 0 radical (unpaired) electrons. The van der Waals surface area contributed by atoms with Gasteiger partial charge in [-0.15, -0.1) is 0 Å². The second-order valence-electron chi connectivity index (χ2n) is 15.5. The number of unbranched alkanes of at least 4 members (excludes halogenated alkanes) is 27. The van der Waals surface area contributed by atoms with Gasteiger partial charge in [0.15, 0.2) is 0 Å². The molecular formula is C44H86N2O5. The number of nitrogens with one attached hydrogen (secondary N) is 1. The van der Waals surface area contributed by atoms with Crippen molar-refractivity contribution in [2.45, 2.75) is 257 Å². The third-order valence-electron chi connectivity index (χ3n) is 10.4. The summed E-state index contributed by atoms with van der Waals surface area (Å²) in [6.45, 7) is 4.96. The second-order valence-corrected chi connectivity index (χ2v) is 15.5. The van der Waals surface area contributed by atoms with E-state index < -0.39 is 12.0 Å². The molecule has 0 aromatic heterocycles. The number of esters is 1. The summed E-state index contributed by atoms with van der Waals surface area (Å²) in [6.07, 6.45) is 41.4. The summed E-state index contributed by atoms with van der Waals surface area (Å²) in [4.78, 5) is 36.4. The monoisotopic (exact) mass is 723 g/mol. The van der Waals surface area contributed by atoms with Crippen LogP contribution in [0.3, 0.4) is 0 Å². The molecule has 0 rings (SSSR count). The van der Waals surface area contributed by atoms with Crippen LogP contribution in [-0.4, -0.2) is 41.6 Å². The molecule has 0 spiro atoms. The Balaban J connectivity index is 4.28. The van der Waals surface area contributed by atoms with Crippen LogP contribution in [0.1, 0.15) is 245 Å². The number of nitrogens with two attached hydrogens (primary N) is 1. The smallest absolute Gasteiger partial charge is 0.326 e. The number of hydrogen-bond donors (Lipinski definition) is 3. The topological polar surface area (TPSA) is 119 Å². The molecule has 0 saturated carbocycles. The highest BCUT2D eigenvalue weighted by Gasteiger charge is 2.19. The van der Waals surface area contributed by atoms with E-state index in [1.807, 2.05) is 0 Å². The van der Waals surface area contributed by atoms with Crippen molar-refractivity contribution in [1.82, 2.24) is 5.32 Å². The maximum absolute atomic E-state index is 12.8. The first-order chi connectivity index (χ1) is 24.9. The molecule has 51 heavy (non-hydrogen) atoms. The van der Waals surface area contributed by atoms with Gasteiger partial charge >= 0.3 is 11.9 Å². The zero-order valence-corrected chi connectivity index (χ0v) is 34.0. The third kappa shape index (κ3) is 36.5. The van der Waals surface area contributed by atoms with Crippen molar-refractivity contribution in [3.05, 3.63) is 0 Å². The van der Waals surface area contributed by atoms with Gasteiger partial charge in [-0.1, -0.05) is 181 Å². The van der Waals surface area contributed by atoms with Gasteiger partial charge in [0.2, 0.25) is 5.91 Å². The number of aliphatic carboxylic acids is 1. The lowest BCUT2D eigenvalue weighted by molar-refractivity contribution is -0.150. The Morgan fingerprint density at radius 3 is 1.22 bits per heavy atom. The molecule has 7 nitrogen and oxygen atoms in total. The molecule has 1 amide bonds. The first-order valence-corrected chi connectivity index (χ1v) is 22.4. The van der Waals surface area contributed by atoms with Crippen molar-refractivity contribution < 1.29 is 24.2 Å². The van der Waals surface area contributed by atoms with Gasteiger partial charge in [0.25, 0.3) is 0 Å². The Bertz CT molecular complexity index is 777. The van der Waals surface area contributed by atoms with Gasteiger partial charge in [0, 0.05) is 12.8 Å².